The second-order valence-corrected chi connectivity index (χ2v) is 5.75. The fourth-order valence-corrected chi connectivity index (χ4v) is 3.24. The van der Waals surface area contributed by atoms with Gasteiger partial charge in [-0.25, -0.2) is 14.8 Å². The summed E-state index contributed by atoms with van der Waals surface area (Å²) >= 11 is 4.95. The van der Waals surface area contributed by atoms with Crippen LogP contribution in [-0.2, 0) is 0 Å². The average molecular weight is 303 g/mol. The van der Waals surface area contributed by atoms with Crippen molar-refractivity contribution < 1.29 is 9.90 Å². The summed E-state index contributed by atoms with van der Waals surface area (Å²) in [6, 6.07) is 0. The number of carboxylic acid groups (broad SMARTS) is 1. The summed E-state index contributed by atoms with van der Waals surface area (Å²) in [4.78, 5) is 19.2. The molecular formula is C10H11BrN2O2S. The summed E-state index contributed by atoms with van der Waals surface area (Å²) in [6.45, 7) is 0. The van der Waals surface area contributed by atoms with Crippen LogP contribution in [0.2, 0.25) is 0 Å². The first-order chi connectivity index (χ1) is 7.68. The molecular weight excluding hydrogens is 292 g/mol. The van der Waals surface area contributed by atoms with Crippen LogP contribution < -0.4 is 0 Å². The minimum Gasteiger partial charge on any atom is -0.476 e. The Balaban J connectivity index is 2.27. The Kier molecular flexibility index (Phi) is 3.81. The van der Waals surface area contributed by atoms with Crippen LogP contribution in [-0.4, -0.2) is 26.8 Å². The third-order valence-electron chi connectivity index (χ3n) is 2.43. The van der Waals surface area contributed by atoms with Crippen LogP contribution in [0.25, 0.3) is 0 Å². The van der Waals surface area contributed by atoms with Gasteiger partial charge in [0.25, 0.3) is 0 Å². The number of carboxylic acids is 1. The summed E-state index contributed by atoms with van der Waals surface area (Å²) in [5.74, 6) is 0.730. The number of hydrogen-bond acceptors (Lipinski definition) is 4. The molecule has 0 radical (unpaired) electrons. The molecule has 0 amide bonds. The highest BCUT2D eigenvalue weighted by atomic mass is 79.9. The molecule has 2 heterocycles. The lowest BCUT2D eigenvalue weighted by atomic mass is 10.2. The molecule has 0 aliphatic carbocycles. The van der Waals surface area contributed by atoms with Gasteiger partial charge in [0.15, 0.2) is 5.69 Å². The molecule has 1 aromatic heterocycles. The zero-order valence-corrected chi connectivity index (χ0v) is 10.9. The highest BCUT2D eigenvalue weighted by Crippen LogP contribution is 2.36. The van der Waals surface area contributed by atoms with Crippen LogP contribution in [0.15, 0.2) is 10.7 Å². The van der Waals surface area contributed by atoms with Crippen molar-refractivity contribution >= 4 is 33.7 Å². The molecule has 1 aliphatic heterocycles. The quantitative estimate of drug-likeness (QED) is 0.910. The largest absolute Gasteiger partial charge is 0.476 e. The van der Waals surface area contributed by atoms with Gasteiger partial charge in [0.2, 0.25) is 0 Å². The minimum atomic E-state index is -1.02. The maximum Gasteiger partial charge on any atom is 0.355 e. The molecule has 1 fully saturated rings. The van der Waals surface area contributed by atoms with E-state index in [0.29, 0.717) is 10.3 Å². The predicted molar refractivity (Wildman–Crippen MR) is 65.7 cm³/mol. The summed E-state index contributed by atoms with van der Waals surface area (Å²) in [7, 11) is 0. The molecule has 1 saturated heterocycles. The Morgan fingerprint density at radius 3 is 3.00 bits per heavy atom. The molecule has 16 heavy (non-hydrogen) atoms. The first-order valence-corrected chi connectivity index (χ1v) is 6.90. The van der Waals surface area contributed by atoms with Gasteiger partial charge < -0.3 is 5.11 Å². The predicted octanol–water partition coefficient (Wildman–Crippen LogP) is 2.90. The third kappa shape index (κ3) is 2.55. The molecule has 1 aromatic rings. The zero-order valence-electron chi connectivity index (χ0n) is 8.52. The molecule has 0 spiro atoms. The second kappa shape index (κ2) is 5.14. The molecule has 1 unspecified atom stereocenters. The molecule has 1 atom stereocenters. The molecule has 0 saturated carbocycles. The van der Waals surface area contributed by atoms with Crippen molar-refractivity contribution in [2.75, 3.05) is 5.75 Å². The SMILES string of the molecule is O=C(O)c1nc(C2CCCCS2)ncc1Br. The van der Waals surface area contributed by atoms with Crippen LogP contribution >= 0.6 is 27.7 Å². The van der Waals surface area contributed by atoms with Gasteiger partial charge in [-0.3, -0.25) is 0 Å². The van der Waals surface area contributed by atoms with E-state index < -0.39 is 5.97 Å². The number of nitrogens with zero attached hydrogens (tertiary/aromatic N) is 2. The summed E-state index contributed by atoms with van der Waals surface area (Å²) < 4.78 is 0.435. The van der Waals surface area contributed by atoms with Crippen LogP contribution in [0, 0.1) is 0 Å². The fraction of sp³-hybridized carbons (Fsp3) is 0.500. The van der Waals surface area contributed by atoms with Gasteiger partial charge in [0.1, 0.15) is 5.82 Å². The van der Waals surface area contributed by atoms with E-state index in [1.54, 1.807) is 0 Å². The van der Waals surface area contributed by atoms with E-state index >= 15 is 0 Å². The van der Waals surface area contributed by atoms with Crippen molar-refractivity contribution in [3.8, 4) is 0 Å². The standard InChI is InChI=1S/C10H11BrN2O2S/c11-6-5-12-9(13-8(6)10(14)15)7-3-1-2-4-16-7/h5,7H,1-4H2,(H,14,15). The van der Waals surface area contributed by atoms with Crippen LogP contribution in [0.1, 0.15) is 40.8 Å². The number of rotatable bonds is 2. The van der Waals surface area contributed by atoms with E-state index in [-0.39, 0.29) is 10.9 Å². The number of hydrogen-bond donors (Lipinski definition) is 1. The summed E-state index contributed by atoms with van der Waals surface area (Å²) in [5.41, 5.74) is 0.0520. The smallest absolute Gasteiger partial charge is 0.355 e. The average Bonchev–Trinajstić information content (AvgIpc) is 2.30. The minimum absolute atomic E-state index is 0.0520. The Bertz CT molecular complexity index is 408. The van der Waals surface area contributed by atoms with Crippen molar-refractivity contribution in [3.05, 3.63) is 22.2 Å². The molecule has 0 aromatic carbocycles. The van der Waals surface area contributed by atoms with Crippen LogP contribution in [0.4, 0.5) is 0 Å². The van der Waals surface area contributed by atoms with Crippen molar-refractivity contribution in [2.24, 2.45) is 0 Å². The van der Waals surface area contributed by atoms with E-state index in [0.717, 1.165) is 12.2 Å². The van der Waals surface area contributed by atoms with Gasteiger partial charge in [-0.15, -0.1) is 0 Å². The lowest BCUT2D eigenvalue weighted by molar-refractivity contribution is 0.0688. The van der Waals surface area contributed by atoms with Gasteiger partial charge in [0.05, 0.1) is 9.72 Å². The fourth-order valence-electron chi connectivity index (χ4n) is 1.63. The first kappa shape index (κ1) is 11.9. The zero-order chi connectivity index (χ0) is 11.5. The molecule has 4 nitrogen and oxygen atoms in total. The number of aromatic carboxylic acids is 1. The van der Waals surface area contributed by atoms with E-state index in [4.69, 9.17) is 5.11 Å². The molecule has 1 N–H and O–H groups in total. The molecule has 2 rings (SSSR count). The molecule has 86 valence electrons. The maximum atomic E-state index is 10.9. The summed E-state index contributed by atoms with van der Waals surface area (Å²) in [5, 5.41) is 9.21. The number of aromatic nitrogens is 2. The summed E-state index contributed by atoms with van der Waals surface area (Å²) in [6.07, 6.45) is 4.95. The third-order valence-corrected chi connectivity index (χ3v) is 4.39. The second-order valence-electron chi connectivity index (χ2n) is 3.59. The van der Waals surface area contributed by atoms with Gasteiger partial charge in [-0.1, -0.05) is 6.42 Å². The van der Waals surface area contributed by atoms with Crippen molar-refractivity contribution in [2.45, 2.75) is 24.5 Å². The normalized spacial score (nSPS) is 20.7. The Labute approximate surface area is 106 Å². The first-order valence-electron chi connectivity index (χ1n) is 5.06. The number of halogens is 1. The van der Waals surface area contributed by atoms with E-state index in [9.17, 15) is 4.79 Å². The van der Waals surface area contributed by atoms with Crippen molar-refractivity contribution in [3.63, 3.8) is 0 Å². The molecule has 6 heteroatoms. The van der Waals surface area contributed by atoms with E-state index in [1.807, 2.05) is 11.8 Å². The van der Waals surface area contributed by atoms with E-state index in [1.165, 1.54) is 19.0 Å². The van der Waals surface area contributed by atoms with Gasteiger partial charge >= 0.3 is 5.97 Å². The topological polar surface area (TPSA) is 63.1 Å². The molecule has 1 aliphatic rings. The van der Waals surface area contributed by atoms with Crippen molar-refractivity contribution in [1.82, 2.24) is 9.97 Å². The monoisotopic (exact) mass is 302 g/mol. The Morgan fingerprint density at radius 1 is 1.56 bits per heavy atom. The van der Waals surface area contributed by atoms with Crippen LogP contribution in [0.3, 0.4) is 0 Å². The van der Waals surface area contributed by atoms with Gasteiger partial charge in [-0.05, 0) is 34.5 Å². The lowest BCUT2D eigenvalue weighted by Crippen LogP contribution is -2.11. The highest BCUT2D eigenvalue weighted by Gasteiger charge is 2.21. The number of carbonyl (C=O) groups is 1. The Hall–Kier alpha value is -0.620. The number of thioether (sulfide) groups is 1. The lowest BCUT2D eigenvalue weighted by Gasteiger charge is -2.19. The van der Waals surface area contributed by atoms with Crippen LogP contribution in [0.5, 0.6) is 0 Å². The maximum absolute atomic E-state index is 10.9. The van der Waals surface area contributed by atoms with E-state index in [2.05, 4.69) is 25.9 Å². The van der Waals surface area contributed by atoms with Gasteiger partial charge in [-0.2, -0.15) is 11.8 Å². The highest BCUT2D eigenvalue weighted by molar-refractivity contribution is 9.10. The van der Waals surface area contributed by atoms with Gasteiger partial charge in [0, 0.05) is 6.20 Å². The van der Waals surface area contributed by atoms with Crippen molar-refractivity contribution in [1.29, 1.82) is 0 Å². The molecule has 0 bridgehead atoms. The Morgan fingerprint density at radius 2 is 2.38 bits per heavy atom.